The SMILES string of the molecule is COc1ccc(NC(=O)[C@H](C)OC(=O)c2c(C)noc2C(C)C)cc1. The van der Waals surface area contributed by atoms with Crippen molar-refractivity contribution in [2.75, 3.05) is 12.4 Å². The molecule has 2 rings (SSSR count). The van der Waals surface area contributed by atoms with Crippen LogP contribution in [0.1, 0.15) is 48.5 Å². The van der Waals surface area contributed by atoms with Gasteiger partial charge in [0.2, 0.25) is 0 Å². The highest BCUT2D eigenvalue weighted by molar-refractivity contribution is 5.98. The number of aromatic nitrogens is 1. The van der Waals surface area contributed by atoms with Gasteiger partial charge >= 0.3 is 5.97 Å². The molecule has 25 heavy (non-hydrogen) atoms. The van der Waals surface area contributed by atoms with Crippen LogP contribution in [0.4, 0.5) is 5.69 Å². The summed E-state index contributed by atoms with van der Waals surface area (Å²) in [4.78, 5) is 24.6. The number of hydrogen-bond donors (Lipinski definition) is 1. The van der Waals surface area contributed by atoms with Gasteiger partial charge in [0.05, 0.1) is 12.8 Å². The van der Waals surface area contributed by atoms with Crippen molar-refractivity contribution in [3.63, 3.8) is 0 Å². The summed E-state index contributed by atoms with van der Waals surface area (Å²) in [6.07, 6.45) is -0.969. The maximum Gasteiger partial charge on any atom is 0.344 e. The molecule has 0 aliphatic rings. The summed E-state index contributed by atoms with van der Waals surface area (Å²) in [6, 6.07) is 6.85. The Kier molecular flexibility index (Phi) is 5.80. The monoisotopic (exact) mass is 346 g/mol. The van der Waals surface area contributed by atoms with Gasteiger partial charge in [0.25, 0.3) is 5.91 Å². The summed E-state index contributed by atoms with van der Waals surface area (Å²) >= 11 is 0. The fourth-order valence-electron chi connectivity index (χ4n) is 2.22. The van der Waals surface area contributed by atoms with E-state index < -0.39 is 18.0 Å². The number of hydrogen-bond acceptors (Lipinski definition) is 6. The van der Waals surface area contributed by atoms with E-state index in [4.69, 9.17) is 14.0 Å². The van der Waals surface area contributed by atoms with Crippen LogP contribution < -0.4 is 10.1 Å². The second-order valence-corrected chi connectivity index (χ2v) is 5.93. The van der Waals surface area contributed by atoms with Crippen LogP contribution in [0.2, 0.25) is 0 Å². The van der Waals surface area contributed by atoms with E-state index in [1.54, 1.807) is 38.3 Å². The van der Waals surface area contributed by atoms with E-state index in [0.717, 1.165) is 0 Å². The zero-order valence-electron chi connectivity index (χ0n) is 15.0. The van der Waals surface area contributed by atoms with Gasteiger partial charge in [-0.2, -0.15) is 0 Å². The minimum Gasteiger partial charge on any atom is -0.497 e. The van der Waals surface area contributed by atoms with Crippen molar-refractivity contribution in [1.82, 2.24) is 5.16 Å². The van der Waals surface area contributed by atoms with Crippen LogP contribution in [-0.4, -0.2) is 30.2 Å². The van der Waals surface area contributed by atoms with Gasteiger partial charge in [-0.1, -0.05) is 19.0 Å². The van der Waals surface area contributed by atoms with Crippen LogP contribution in [-0.2, 0) is 9.53 Å². The largest absolute Gasteiger partial charge is 0.497 e. The number of nitrogens with zero attached hydrogens (tertiary/aromatic N) is 1. The van der Waals surface area contributed by atoms with Gasteiger partial charge in [-0.3, -0.25) is 4.79 Å². The smallest absolute Gasteiger partial charge is 0.344 e. The molecule has 1 N–H and O–H groups in total. The van der Waals surface area contributed by atoms with E-state index in [1.807, 2.05) is 13.8 Å². The number of anilines is 1. The molecular formula is C18H22N2O5. The summed E-state index contributed by atoms with van der Waals surface area (Å²) in [5.41, 5.74) is 1.30. The van der Waals surface area contributed by atoms with Gasteiger partial charge in [-0.25, -0.2) is 4.79 Å². The van der Waals surface area contributed by atoms with Gasteiger partial charge < -0.3 is 19.3 Å². The molecule has 7 heteroatoms. The van der Waals surface area contributed by atoms with Gasteiger partial charge in [0.15, 0.2) is 11.9 Å². The maximum atomic E-state index is 12.4. The van der Waals surface area contributed by atoms with Crippen molar-refractivity contribution in [3.05, 3.63) is 41.3 Å². The first-order valence-corrected chi connectivity index (χ1v) is 7.95. The molecule has 0 saturated heterocycles. The molecule has 1 heterocycles. The first-order valence-electron chi connectivity index (χ1n) is 7.95. The molecule has 7 nitrogen and oxygen atoms in total. The van der Waals surface area contributed by atoms with E-state index in [-0.39, 0.29) is 11.5 Å². The van der Waals surface area contributed by atoms with E-state index in [2.05, 4.69) is 10.5 Å². The molecule has 0 fully saturated rings. The number of nitrogens with one attached hydrogen (secondary N) is 1. The molecule has 1 aromatic carbocycles. The first kappa shape index (κ1) is 18.5. The summed E-state index contributed by atoms with van der Waals surface area (Å²) in [6.45, 7) is 6.94. The molecule has 134 valence electrons. The predicted molar refractivity (Wildman–Crippen MR) is 91.8 cm³/mol. The van der Waals surface area contributed by atoms with Gasteiger partial charge in [0, 0.05) is 11.6 Å². The predicted octanol–water partition coefficient (Wildman–Crippen LogP) is 3.30. The minimum atomic E-state index is -0.969. The number of rotatable bonds is 6. The lowest BCUT2D eigenvalue weighted by molar-refractivity contribution is -0.123. The zero-order chi connectivity index (χ0) is 18.6. The Hall–Kier alpha value is -2.83. The highest BCUT2D eigenvalue weighted by Crippen LogP contribution is 2.23. The molecule has 0 aliphatic heterocycles. The molecule has 0 unspecified atom stereocenters. The lowest BCUT2D eigenvalue weighted by atomic mass is 10.1. The van der Waals surface area contributed by atoms with Crippen LogP contribution in [0.3, 0.4) is 0 Å². The van der Waals surface area contributed by atoms with Crippen molar-refractivity contribution in [3.8, 4) is 5.75 Å². The first-order chi connectivity index (χ1) is 11.8. The fraction of sp³-hybridized carbons (Fsp3) is 0.389. The average Bonchev–Trinajstić information content (AvgIpc) is 2.97. The van der Waals surface area contributed by atoms with Crippen molar-refractivity contribution < 1.29 is 23.6 Å². The average molecular weight is 346 g/mol. The number of carbonyl (C=O) groups is 2. The number of benzene rings is 1. The quantitative estimate of drug-likeness (QED) is 0.807. The van der Waals surface area contributed by atoms with E-state index in [1.165, 1.54) is 6.92 Å². The van der Waals surface area contributed by atoms with E-state index >= 15 is 0 Å². The molecule has 0 saturated carbocycles. The van der Waals surface area contributed by atoms with E-state index in [9.17, 15) is 9.59 Å². The number of carbonyl (C=O) groups excluding carboxylic acids is 2. The summed E-state index contributed by atoms with van der Waals surface area (Å²) in [7, 11) is 1.56. The summed E-state index contributed by atoms with van der Waals surface area (Å²) in [5, 5.41) is 6.49. The molecule has 1 atom stereocenters. The molecule has 0 radical (unpaired) electrons. The topological polar surface area (TPSA) is 90.7 Å². The lowest BCUT2D eigenvalue weighted by Gasteiger charge is -2.14. The standard InChI is InChI=1S/C18H22N2O5/c1-10(2)16-15(11(3)20-25-16)18(22)24-12(4)17(21)19-13-6-8-14(23-5)9-7-13/h6-10,12H,1-5H3,(H,19,21)/t12-/m0/s1. The number of methoxy groups -OCH3 is 1. The van der Waals surface area contributed by atoms with Gasteiger partial charge in [-0.15, -0.1) is 0 Å². The Morgan fingerprint density at radius 3 is 2.36 bits per heavy atom. The Morgan fingerprint density at radius 1 is 1.16 bits per heavy atom. The van der Waals surface area contributed by atoms with Crippen molar-refractivity contribution >= 4 is 17.6 Å². The summed E-state index contributed by atoms with van der Waals surface area (Å²) in [5.74, 6) is 0.0534. The number of ether oxygens (including phenoxy) is 2. The van der Waals surface area contributed by atoms with Crippen molar-refractivity contribution in [1.29, 1.82) is 0 Å². The third-order valence-corrected chi connectivity index (χ3v) is 3.63. The Labute approximate surface area is 146 Å². The maximum absolute atomic E-state index is 12.4. The highest BCUT2D eigenvalue weighted by atomic mass is 16.5. The summed E-state index contributed by atoms with van der Waals surface area (Å²) < 4.78 is 15.5. The van der Waals surface area contributed by atoms with Crippen LogP contribution in [0, 0.1) is 6.92 Å². The lowest BCUT2D eigenvalue weighted by Crippen LogP contribution is -2.30. The Morgan fingerprint density at radius 2 is 1.80 bits per heavy atom. The second kappa shape index (κ2) is 7.83. The van der Waals surface area contributed by atoms with Crippen LogP contribution >= 0.6 is 0 Å². The fourth-order valence-corrected chi connectivity index (χ4v) is 2.22. The highest BCUT2D eigenvalue weighted by Gasteiger charge is 2.27. The third-order valence-electron chi connectivity index (χ3n) is 3.63. The molecule has 0 spiro atoms. The normalized spacial score (nSPS) is 11.9. The molecular weight excluding hydrogens is 324 g/mol. The molecule has 2 aromatic rings. The van der Waals surface area contributed by atoms with Crippen LogP contribution in [0.5, 0.6) is 5.75 Å². The van der Waals surface area contributed by atoms with Crippen LogP contribution in [0.25, 0.3) is 0 Å². The van der Waals surface area contributed by atoms with Gasteiger partial charge in [-0.05, 0) is 38.1 Å². The number of amides is 1. The van der Waals surface area contributed by atoms with Crippen LogP contribution in [0.15, 0.2) is 28.8 Å². The third kappa shape index (κ3) is 4.37. The molecule has 0 bridgehead atoms. The number of esters is 1. The Bertz CT molecular complexity index is 749. The van der Waals surface area contributed by atoms with E-state index in [0.29, 0.717) is 22.9 Å². The zero-order valence-corrected chi connectivity index (χ0v) is 15.0. The van der Waals surface area contributed by atoms with Crippen molar-refractivity contribution in [2.24, 2.45) is 0 Å². The minimum absolute atomic E-state index is 0.0211. The number of aryl methyl sites for hydroxylation is 1. The van der Waals surface area contributed by atoms with Gasteiger partial charge in [0.1, 0.15) is 11.3 Å². The molecule has 0 aliphatic carbocycles. The second-order valence-electron chi connectivity index (χ2n) is 5.93. The molecule has 1 aromatic heterocycles. The molecule has 1 amide bonds. The van der Waals surface area contributed by atoms with Crippen molar-refractivity contribution in [2.45, 2.75) is 39.7 Å². The Balaban J connectivity index is 2.03.